The molecule has 0 saturated heterocycles. The van der Waals surface area contributed by atoms with Crippen LogP contribution in [0.25, 0.3) is 22.3 Å². The number of rotatable bonds is 0. The second-order valence-corrected chi connectivity index (χ2v) is 4.82. The van der Waals surface area contributed by atoms with Crippen molar-refractivity contribution in [2.75, 3.05) is 7.05 Å². The summed E-state index contributed by atoms with van der Waals surface area (Å²) in [5, 5.41) is 9.23. The molecular formula is C17H10N4. The van der Waals surface area contributed by atoms with Gasteiger partial charge < -0.3 is 0 Å². The van der Waals surface area contributed by atoms with Gasteiger partial charge in [-0.15, -0.1) is 0 Å². The maximum Gasteiger partial charge on any atom is 0.116 e. The molecule has 0 amide bonds. The van der Waals surface area contributed by atoms with Crippen molar-refractivity contribution in [1.29, 1.82) is 5.26 Å². The molecule has 1 aromatic heterocycles. The maximum absolute atomic E-state index is 9.23. The van der Waals surface area contributed by atoms with Gasteiger partial charge in [0.1, 0.15) is 17.3 Å². The van der Waals surface area contributed by atoms with Crippen molar-refractivity contribution in [3.05, 3.63) is 59.3 Å². The normalized spacial score (nSPS) is 14.0. The van der Waals surface area contributed by atoms with E-state index in [1.165, 1.54) is 0 Å². The Morgan fingerprint density at radius 3 is 2.52 bits per heavy atom. The lowest BCUT2D eigenvalue weighted by Gasteiger charge is -2.03. The molecule has 0 atom stereocenters. The number of para-hydroxylation sites is 1. The van der Waals surface area contributed by atoms with Gasteiger partial charge in [-0.2, -0.15) is 5.26 Å². The van der Waals surface area contributed by atoms with Crippen LogP contribution in [0.1, 0.15) is 16.8 Å². The minimum absolute atomic E-state index is 0.536. The first-order chi connectivity index (χ1) is 10.3. The molecule has 4 rings (SSSR count). The molecule has 1 aliphatic rings. The smallest absolute Gasteiger partial charge is 0.116 e. The summed E-state index contributed by atoms with van der Waals surface area (Å²) in [6, 6.07) is 15.7. The molecular weight excluding hydrogens is 260 g/mol. The predicted octanol–water partition coefficient (Wildman–Crippen LogP) is 2.95. The highest BCUT2D eigenvalue weighted by Crippen LogP contribution is 2.35. The van der Waals surface area contributed by atoms with Crippen LogP contribution in [-0.2, 0) is 0 Å². The van der Waals surface area contributed by atoms with Crippen LogP contribution >= 0.6 is 0 Å². The Balaban J connectivity index is 2.15. The highest BCUT2D eigenvalue weighted by atomic mass is 14.9. The summed E-state index contributed by atoms with van der Waals surface area (Å²) in [6.45, 7) is 0. The highest BCUT2D eigenvalue weighted by Gasteiger charge is 2.27. The van der Waals surface area contributed by atoms with E-state index < -0.39 is 0 Å². The lowest BCUT2D eigenvalue weighted by atomic mass is 10.1. The fourth-order valence-electron chi connectivity index (χ4n) is 2.77. The molecule has 1 heterocycles. The Labute approximate surface area is 121 Å². The third-order valence-electron chi connectivity index (χ3n) is 3.70. The van der Waals surface area contributed by atoms with E-state index >= 15 is 0 Å². The van der Waals surface area contributed by atoms with Crippen molar-refractivity contribution >= 4 is 16.7 Å². The van der Waals surface area contributed by atoms with E-state index in [-0.39, 0.29) is 0 Å². The standard InChI is InChI=1S/C17H10N4/c1-19-15-11-6-2-3-7-12(11)16-17(15)21-14-10(9-18)5-4-8-13(14)20-16/h2-8H,1H3. The van der Waals surface area contributed by atoms with Crippen molar-refractivity contribution in [3.8, 4) is 17.3 Å². The van der Waals surface area contributed by atoms with Crippen LogP contribution in [0.15, 0.2) is 47.5 Å². The van der Waals surface area contributed by atoms with Crippen molar-refractivity contribution in [2.24, 2.45) is 4.99 Å². The van der Waals surface area contributed by atoms with E-state index in [2.05, 4.69) is 16.0 Å². The number of aliphatic imine (C=N–C) groups is 1. The lowest BCUT2D eigenvalue weighted by Crippen LogP contribution is -2.02. The molecule has 4 nitrogen and oxygen atoms in total. The van der Waals surface area contributed by atoms with Gasteiger partial charge in [-0.25, -0.2) is 9.97 Å². The molecule has 3 aromatic rings. The van der Waals surface area contributed by atoms with Gasteiger partial charge in [0, 0.05) is 18.2 Å². The van der Waals surface area contributed by atoms with E-state index in [0.29, 0.717) is 11.1 Å². The van der Waals surface area contributed by atoms with E-state index in [1.807, 2.05) is 36.4 Å². The first kappa shape index (κ1) is 11.7. The van der Waals surface area contributed by atoms with E-state index in [4.69, 9.17) is 4.98 Å². The first-order valence-corrected chi connectivity index (χ1v) is 6.61. The number of hydrogen-bond acceptors (Lipinski definition) is 4. The molecule has 0 unspecified atom stereocenters. The van der Waals surface area contributed by atoms with Crippen LogP contribution in [0.2, 0.25) is 0 Å². The summed E-state index contributed by atoms with van der Waals surface area (Å²) >= 11 is 0. The SMILES string of the molecule is CN=C1c2ccccc2-c2nc3cccc(C#N)c3nc21. The van der Waals surface area contributed by atoms with Crippen molar-refractivity contribution < 1.29 is 0 Å². The van der Waals surface area contributed by atoms with Gasteiger partial charge in [-0.05, 0) is 12.1 Å². The Morgan fingerprint density at radius 2 is 1.76 bits per heavy atom. The van der Waals surface area contributed by atoms with Crippen LogP contribution in [0, 0.1) is 11.3 Å². The topological polar surface area (TPSA) is 61.9 Å². The number of aromatic nitrogens is 2. The molecule has 0 radical (unpaired) electrons. The number of benzene rings is 2. The minimum Gasteiger partial charge on any atom is -0.286 e. The number of hydrogen-bond donors (Lipinski definition) is 0. The van der Waals surface area contributed by atoms with E-state index in [0.717, 1.165) is 33.7 Å². The Morgan fingerprint density at radius 1 is 0.952 bits per heavy atom. The van der Waals surface area contributed by atoms with Crippen LogP contribution < -0.4 is 0 Å². The molecule has 4 heteroatoms. The first-order valence-electron chi connectivity index (χ1n) is 6.61. The number of nitriles is 1. The largest absolute Gasteiger partial charge is 0.286 e. The van der Waals surface area contributed by atoms with Crippen molar-refractivity contribution in [1.82, 2.24) is 9.97 Å². The molecule has 0 aliphatic heterocycles. The third kappa shape index (κ3) is 1.52. The summed E-state index contributed by atoms with van der Waals surface area (Å²) in [7, 11) is 1.75. The molecule has 0 spiro atoms. The zero-order valence-corrected chi connectivity index (χ0v) is 11.3. The third-order valence-corrected chi connectivity index (χ3v) is 3.70. The maximum atomic E-state index is 9.23. The Hall–Kier alpha value is -3.06. The minimum atomic E-state index is 0.536. The molecule has 21 heavy (non-hydrogen) atoms. The van der Waals surface area contributed by atoms with Crippen LogP contribution in [0.3, 0.4) is 0 Å². The van der Waals surface area contributed by atoms with Crippen LogP contribution in [0.5, 0.6) is 0 Å². The summed E-state index contributed by atoms with van der Waals surface area (Å²) in [5.41, 5.74) is 6.43. The predicted molar refractivity (Wildman–Crippen MR) is 81.3 cm³/mol. The average molecular weight is 270 g/mol. The Kier molecular flexibility index (Phi) is 2.36. The van der Waals surface area contributed by atoms with Gasteiger partial charge in [-0.3, -0.25) is 4.99 Å². The van der Waals surface area contributed by atoms with E-state index in [9.17, 15) is 5.26 Å². The van der Waals surface area contributed by atoms with Gasteiger partial charge in [0.15, 0.2) is 0 Å². The molecule has 0 fully saturated rings. The number of fused-ring (bicyclic) bond motifs is 4. The van der Waals surface area contributed by atoms with Gasteiger partial charge >= 0.3 is 0 Å². The second kappa shape index (κ2) is 4.22. The molecule has 1 aliphatic carbocycles. The summed E-state index contributed by atoms with van der Waals surface area (Å²) in [6.07, 6.45) is 0. The lowest BCUT2D eigenvalue weighted by molar-refractivity contribution is 1.27. The van der Waals surface area contributed by atoms with Gasteiger partial charge in [0.25, 0.3) is 0 Å². The monoisotopic (exact) mass is 270 g/mol. The van der Waals surface area contributed by atoms with Crippen molar-refractivity contribution in [2.45, 2.75) is 0 Å². The zero-order valence-electron chi connectivity index (χ0n) is 11.3. The van der Waals surface area contributed by atoms with Crippen molar-refractivity contribution in [3.63, 3.8) is 0 Å². The zero-order chi connectivity index (χ0) is 14.4. The fourth-order valence-corrected chi connectivity index (χ4v) is 2.77. The van der Waals surface area contributed by atoms with E-state index in [1.54, 1.807) is 13.1 Å². The Bertz CT molecular complexity index is 964. The van der Waals surface area contributed by atoms with Gasteiger partial charge in [-0.1, -0.05) is 30.3 Å². The summed E-state index contributed by atoms with van der Waals surface area (Å²) in [4.78, 5) is 13.8. The molecule has 98 valence electrons. The number of nitrogens with zero attached hydrogens (tertiary/aromatic N) is 4. The van der Waals surface area contributed by atoms with Gasteiger partial charge in [0.05, 0.1) is 22.5 Å². The molecule has 0 saturated carbocycles. The molecule has 2 aromatic carbocycles. The summed E-state index contributed by atoms with van der Waals surface area (Å²) < 4.78 is 0. The van der Waals surface area contributed by atoms with Crippen LogP contribution in [-0.4, -0.2) is 22.7 Å². The highest BCUT2D eigenvalue weighted by molar-refractivity contribution is 6.23. The summed E-state index contributed by atoms with van der Waals surface area (Å²) in [5.74, 6) is 0. The molecule has 0 N–H and O–H groups in total. The quantitative estimate of drug-likeness (QED) is 0.493. The molecule has 0 bridgehead atoms. The van der Waals surface area contributed by atoms with Crippen LogP contribution in [0.4, 0.5) is 0 Å². The van der Waals surface area contributed by atoms with Gasteiger partial charge in [0.2, 0.25) is 0 Å². The fraction of sp³-hybridized carbons (Fsp3) is 0.0588. The second-order valence-electron chi connectivity index (χ2n) is 4.82. The average Bonchev–Trinajstić information content (AvgIpc) is 2.85.